The minimum Gasteiger partial charge on any atom is -0.327 e. The van der Waals surface area contributed by atoms with Gasteiger partial charge < -0.3 is 5.73 Å². The number of hydrogen-bond donors (Lipinski definition) is 1. The molecule has 0 fully saturated rings. The lowest BCUT2D eigenvalue weighted by Crippen LogP contribution is -2.31. The molecule has 0 aliphatic carbocycles. The van der Waals surface area contributed by atoms with Crippen molar-refractivity contribution in [2.75, 3.05) is 6.54 Å². The smallest absolute Gasteiger partial charge is 0.173 e. The van der Waals surface area contributed by atoms with Crippen LogP contribution in [0.25, 0.3) is 0 Å². The Kier molecular flexibility index (Phi) is 3.48. The molecule has 0 aromatic heterocycles. The van der Waals surface area contributed by atoms with Gasteiger partial charge in [-0.2, -0.15) is 0 Å². The molecule has 0 amide bonds. The van der Waals surface area contributed by atoms with Crippen LogP contribution in [0.1, 0.15) is 22.3 Å². The molecule has 0 bridgehead atoms. The largest absolute Gasteiger partial charge is 0.327 e. The van der Waals surface area contributed by atoms with Gasteiger partial charge in [0.2, 0.25) is 0 Å². The summed E-state index contributed by atoms with van der Waals surface area (Å²) in [6.07, 6.45) is 0. The molecule has 0 saturated carbocycles. The summed E-state index contributed by atoms with van der Waals surface area (Å²) in [5.74, 6) is 0. The fraction of sp³-hybridized carbons (Fsp3) is 0.250. The van der Waals surface area contributed by atoms with Crippen LogP contribution in [0.2, 0.25) is 0 Å². The summed E-state index contributed by atoms with van der Waals surface area (Å²) in [6, 6.07) is 14.8. The van der Waals surface area contributed by atoms with Crippen LogP contribution in [0.15, 0.2) is 48.5 Å². The molecule has 0 aliphatic heterocycles. The van der Waals surface area contributed by atoms with Crippen molar-refractivity contribution in [2.45, 2.75) is 19.5 Å². The Hall–Kier alpha value is -1.67. The zero-order valence-corrected chi connectivity index (χ0v) is 10.8. The predicted molar refractivity (Wildman–Crippen MR) is 73.3 cm³/mol. The molecule has 2 aromatic rings. The first-order valence-corrected chi connectivity index (χ1v) is 6.10. The minimum absolute atomic E-state index is 0.0560. The summed E-state index contributed by atoms with van der Waals surface area (Å²) in [6.45, 7) is 3.95. The zero-order chi connectivity index (χ0) is 13.2. The van der Waals surface area contributed by atoms with E-state index in [9.17, 15) is 0 Å². The van der Waals surface area contributed by atoms with Crippen LogP contribution in [0.4, 0.5) is 4.39 Å². The molecule has 2 heteroatoms. The van der Waals surface area contributed by atoms with Crippen molar-refractivity contribution in [2.24, 2.45) is 5.73 Å². The van der Waals surface area contributed by atoms with E-state index in [2.05, 4.69) is 0 Å². The number of nitrogens with two attached hydrogens (primary N) is 1. The first-order valence-electron chi connectivity index (χ1n) is 6.10. The van der Waals surface area contributed by atoms with E-state index in [0.717, 1.165) is 11.1 Å². The Morgan fingerprint density at radius 3 is 2.17 bits per heavy atom. The second kappa shape index (κ2) is 4.91. The van der Waals surface area contributed by atoms with E-state index in [1.807, 2.05) is 50.2 Å². The lowest BCUT2D eigenvalue weighted by atomic mass is 9.87. The maximum Gasteiger partial charge on any atom is 0.173 e. The molecule has 0 radical (unpaired) electrons. The molecule has 2 rings (SSSR count). The van der Waals surface area contributed by atoms with Gasteiger partial charge in [0.05, 0.1) is 0 Å². The molecule has 0 aliphatic rings. The van der Waals surface area contributed by atoms with E-state index in [4.69, 9.17) is 5.73 Å². The second-order valence-electron chi connectivity index (χ2n) is 4.67. The highest BCUT2D eigenvalue weighted by molar-refractivity contribution is 5.40. The minimum atomic E-state index is -1.61. The van der Waals surface area contributed by atoms with Crippen LogP contribution in [-0.4, -0.2) is 6.54 Å². The van der Waals surface area contributed by atoms with Crippen LogP contribution in [0.5, 0.6) is 0 Å². The fourth-order valence-corrected chi connectivity index (χ4v) is 2.09. The highest BCUT2D eigenvalue weighted by Crippen LogP contribution is 2.33. The zero-order valence-electron chi connectivity index (χ0n) is 10.8. The SMILES string of the molecule is Cc1ccc(C(F)(CN)c2ccccc2)cc1C. The third-order valence-corrected chi connectivity index (χ3v) is 3.48. The van der Waals surface area contributed by atoms with Gasteiger partial charge in [0.25, 0.3) is 0 Å². The standard InChI is InChI=1S/C16H18FN/c1-12-8-9-15(10-13(12)2)16(17,11-18)14-6-4-3-5-7-14/h3-10H,11,18H2,1-2H3. The number of aryl methyl sites for hydroxylation is 2. The fourth-order valence-electron chi connectivity index (χ4n) is 2.09. The monoisotopic (exact) mass is 243 g/mol. The molecule has 1 unspecified atom stereocenters. The third kappa shape index (κ3) is 2.16. The highest BCUT2D eigenvalue weighted by Gasteiger charge is 2.32. The van der Waals surface area contributed by atoms with Crippen molar-refractivity contribution >= 4 is 0 Å². The molecule has 2 N–H and O–H groups in total. The number of benzene rings is 2. The van der Waals surface area contributed by atoms with E-state index in [1.54, 1.807) is 12.1 Å². The van der Waals surface area contributed by atoms with Gasteiger partial charge in [0, 0.05) is 6.54 Å². The first kappa shape index (κ1) is 12.8. The van der Waals surface area contributed by atoms with Gasteiger partial charge in [-0.15, -0.1) is 0 Å². The second-order valence-corrected chi connectivity index (χ2v) is 4.67. The van der Waals surface area contributed by atoms with Gasteiger partial charge >= 0.3 is 0 Å². The van der Waals surface area contributed by atoms with E-state index >= 15 is 4.39 Å². The number of hydrogen-bond acceptors (Lipinski definition) is 1. The normalized spacial score (nSPS) is 14.2. The van der Waals surface area contributed by atoms with Crippen molar-refractivity contribution < 1.29 is 4.39 Å². The molecule has 94 valence electrons. The summed E-state index contributed by atoms with van der Waals surface area (Å²) < 4.78 is 15.2. The summed E-state index contributed by atoms with van der Waals surface area (Å²) >= 11 is 0. The summed E-state index contributed by atoms with van der Waals surface area (Å²) in [5.41, 5.74) is 7.55. The topological polar surface area (TPSA) is 26.0 Å². The van der Waals surface area contributed by atoms with Crippen LogP contribution >= 0.6 is 0 Å². The molecule has 0 heterocycles. The number of halogens is 1. The Bertz CT molecular complexity index is 536. The highest BCUT2D eigenvalue weighted by atomic mass is 19.1. The Morgan fingerprint density at radius 2 is 1.61 bits per heavy atom. The maximum atomic E-state index is 15.2. The van der Waals surface area contributed by atoms with Crippen LogP contribution < -0.4 is 5.73 Å². The number of alkyl halides is 1. The van der Waals surface area contributed by atoms with E-state index in [-0.39, 0.29) is 6.54 Å². The van der Waals surface area contributed by atoms with Crippen LogP contribution in [0.3, 0.4) is 0 Å². The molecular formula is C16H18FN. The Labute approximate surface area is 107 Å². The van der Waals surface area contributed by atoms with Crippen molar-refractivity contribution in [1.82, 2.24) is 0 Å². The molecule has 2 aromatic carbocycles. The van der Waals surface area contributed by atoms with Gasteiger partial charge in [0.1, 0.15) is 0 Å². The van der Waals surface area contributed by atoms with Gasteiger partial charge in [-0.25, -0.2) is 4.39 Å². The first-order chi connectivity index (χ1) is 8.58. The Balaban J connectivity index is 2.53. The van der Waals surface area contributed by atoms with Crippen molar-refractivity contribution in [3.05, 3.63) is 70.8 Å². The van der Waals surface area contributed by atoms with E-state index in [1.165, 1.54) is 0 Å². The van der Waals surface area contributed by atoms with Gasteiger partial charge in [-0.1, -0.05) is 48.5 Å². The van der Waals surface area contributed by atoms with Crippen molar-refractivity contribution in [3.8, 4) is 0 Å². The maximum absolute atomic E-state index is 15.2. The summed E-state index contributed by atoms with van der Waals surface area (Å²) in [4.78, 5) is 0. The van der Waals surface area contributed by atoms with Gasteiger partial charge in [-0.3, -0.25) is 0 Å². The molecular weight excluding hydrogens is 225 g/mol. The van der Waals surface area contributed by atoms with E-state index < -0.39 is 5.67 Å². The van der Waals surface area contributed by atoms with Gasteiger partial charge in [0.15, 0.2) is 5.67 Å². The van der Waals surface area contributed by atoms with E-state index in [0.29, 0.717) is 11.1 Å². The average molecular weight is 243 g/mol. The van der Waals surface area contributed by atoms with Gasteiger partial charge in [-0.05, 0) is 36.1 Å². The van der Waals surface area contributed by atoms with Crippen molar-refractivity contribution in [3.63, 3.8) is 0 Å². The average Bonchev–Trinajstić information content (AvgIpc) is 2.42. The lowest BCUT2D eigenvalue weighted by Gasteiger charge is -2.25. The molecule has 0 saturated heterocycles. The summed E-state index contributed by atoms with van der Waals surface area (Å²) in [5, 5.41) is 0. The summed E-state index contributed by atoms with van der Waals surface area (Å²) in [7, 11) is 0. The predicted octanol–water partition coefficient (Wildman–Crippen LogP) is 3.48. The quantitative estimate of drug-likeness (QED) is 0.877. The van der Waals surface area contributed by atoms with Crippen LogP contribution in [-0.2, 0) is 5.67 Å². The lowest BCUT2D eigenvalue weighted by molar-refractivity contribution is 0.232. The molecule has 1 nitrogen and oxygen atoms in total. The third-order valence-electron chi connectivity index (χ3n) is 3.48. The molecule has 0 spiro atoms. The molecule has 18 heavy (non-hydrogen) atoms. The number of rotatable bonds is 3. The van der Waals surface area contributed by atoms with Crippen LogP contribution in [0, 0.1) is 13.8 Å². The molecule has 1 atom stereocenters. The Morgan fingerprint density at radius 1 is 0.944 bits per heavy atom. The van der Waals surface area contributed by atoms with Crippen molar-refractivity contribution in [1.29, 1.82) is 0 Å².